The van der Waals surface area contributed by atoms with E-state index < -0.39 is 16.3 Å². The van der Waals surface area contributed by atoms with Crippen molar-refractivity contribution in [3.63, 3.8) is 0 Å². The van der Waals surface area contributed by atoms with E-state index in [2.05, 4.69) is 6.58 Å². The highest BCUT2D eigenvalue weighted by Gasteiger charge is 2.03. The largest absolute Gasteiger partial charge is 0.772 e. The van der Waals surface area contributed by atoms with Crippen molar-refractivity contribution in [3.8, 4) is 6.07 Å². The van der Waals surface area contributed by atoms with Crippen LogP contribution >= 0.6 is 0 Å². The van der Waals surface area contributed by atoms with E-state index in [0.717, 1.165) is 0 Å². The van der Waals surface area contributed by atoms with Gasteiger partial charge in [-0.15, -0.1) is 6.58 Å². The van der Waals surface area contributed by atoms with Gasteiger partial charge < -0.3 is 4.55 Å². The second kappa shape index (κ2) is 7.71. The van der Waals surface area contributed by atoms with Crippen LogP contribution in [0.25, 0.3) is 0 Å². The molecule has 0 aliphatic heterocycles. The first-order chi connectivity index (χ1) is 6.22. The van der Waals surface area contributed by atoms with Gasteiger partial charge in [-0.25, -0.2) is 0 Å². The molecule has 0 aromatic heterocycles. The molecule has 0 saturated heterocycles. The van der Waals surface area contributed by atoms with Gasteiger partial charge in [-0.3, -0.25) is 4.21 Å². The molecule has 0 bridgehead atoms. The van der Waals surface area contributed by atoms with E-state index in [4.69, 9.17) is 5.26 Å². The van der Waals surface area contributed by atoms with Gasteiger partial charge in [-0.2, -0.15) is 5.26 Å². The van der Waals surface area contributed by atoms with Crippen LogP contribution in [0.5, 0.6) is 0 Å². The van der Waals surface area contributed by atoms with E-state index in [1.165, 1.54) is 0 Å². The molecular weight excluding hydrogens is 186 g/mol. The number of hydrogen-bond acceptors (Lipinski definition) is 3. The Bertz CT molecular complexity index is 242. The Hall–Kier alpha value is -0.920. The monoisotopic (exact) mass is 198 g/mol. The van der Waals surface area contributed by atoms with E-state index in [0.29, 0.717) is 19.3 Å². The van der Waals surface area contributed by atoms with Crippen LogP contribution in [0.2, 0.25) is 0 Å². The van der Waals surface area contributed by atoms with Gasteiger partial charge in [0, 0.05) is 5.25 Å². The van der Waals surface area contributed by atoms with Crippen molar-refractivity contribution >= 4 is 11.1 Å². The topological polar surface area (TPSA) is 63.9 Å². The minimum absolute atomic E-state index is 0.326. The first-order valence-electron chi connectivity index (χ1n) is 3.93. The van der Waals surface area contributed by atoms with Gasteiger partial charge in [0.05, 0.1) is 12.5 Å². The number of nitrogens with zero attached hydrogens (tertiary/aromatic N) is 1. The zero-order valence-electron chi connectivity index (χ0n) is 7.31. The normalized spacial score (nSPS) is 15.1. The van der Waals surface area contributed by atoms with E-state index >= 15 is 0 Å². The number of rotatable bonds is 6. The van der Waals surface area contributed by atoms with Crippen molar-refractivity contribution in [1.29, 1.82) is 5.26 Å². The molecule has 13 heavy (non-hydrogen) atoms. The highest BCUT2D eigenvalue weighted by atomic mass is 32.2. The van der Waals surface area contributed by atoms with Crippen LogP contribution < -0.4 is 0 Å². The summed E-state index contributed by atoms with van der Waals surface area (Å²) in [5.41, 5.74) is 0. The average molecular weight is 198 g/mol. The Morgan fingerprint density at radius 1 is 1.54 bits per heavy atom. The van der Waals surface area contributed by atoms with Gasteiger partial charge in [0.2, 0.25) is 0 Å². The second-order valence-electron chi connectivity index (χ2n) is 2.48. The van der Waals surface area contributed by atoms with Crippen LogP contribution in [0.1, 0.15) is 19.3 Å². The molecule has 2 atom stereocenters. The summed E-state index contributed by atoms with van der Waals surface area (Å²) in [5.74, 6) is 0. The molecule has 0 amide bonds. The summed E-state index contributed by atoms with van der Waals surface area (Å²) in [4.78, 5) is 0. The standard InChI is InChI=1S/C9H13NO2S/c1-2-6-9(13(11)12)7-4-3-5-8-10/h2-4,9H,1,5-7H2,(H,11,12)/p-1/b4-3-. The molecule has 0 heterocycles. The third kappa shape index (κ3) is 6.26. The zero-order chi connectivity index (χ0) is 10.1. The third-order valence-corrected chi connectivity index (χ3v) is 2.41. The molecule has 0 radical (unpaired) electrons. The molecule has 0 aromatic carbocycles. The molecule has 0 spiro atoms. The first-order valence-corrected chi connectivity index (χ1v) is 5.07. The fourth-order valence-electron chi connectivity index (χ4n) is 0.823. The van der Waals surface area contributed by atoms with Crippen molar-refractivity contribution in [1.82, 2.24) is 0 Å². The summed E-state index contributed by atoms with van der Waals surface area (Å²) in [6, 6.07) is 1.94. The summed E-state index contributed by atoms with van der Waals surface area (Å²) < 4.78 is 21.2. The van der Waals surface area contributed by atoms with Crippen molar-refractivity contribution in [2.75, 3.05) is 0 Å². The van der Waals surface area contributed by atoms with Crippen molar-refractivity contribution < 1.29 is 8.76 Å². The van der Waals surface area contributed by atoms with Crippen molar-refractivity contribution in [2.24, 2.45) is 0 Å². The molecule has 72 valence electrons. The Morgan fingerprint density at radius 3 is 2.69 bits per heavy atom. The minimum atomic E-state index is -2.06. The van der Waals surface area contributed by atoms with E-state index in [9.17, 15) is 8.76 Å². The van der Waals surface area contributed by atoms with Gasteiger partial charge >= 0.3 is 0 Å². The van der Waals surface area contributed by atoms with Gasteiger partial charge in [0.1, 0.15) is 0 Å². The molecule has 0 rings (SSSR count). The molecule has 0 aromatic rings. The maximum absolute atomic E-state index is 10.6. The summed E-state index contributed by atoms with van der Waals surface area (Å²) in [6.07, 6.45) is 6.19. The predicted molar refractivity (Wildman–Crippen MR) is 51.5 cm³/mol. The summed E-state index contributed by atoms with van der Waals surface area (Å²) >= 11 is -2.06. The highest BCUT2D eigenvalue weighted by molar-refractivity contribution is 7.79. The lowest BCUT2D eigenvalue weighted by atomic mass is 10.2. The maximum atomic E-state index is 10.6. The lowest BCUT2D eigenvalue weighted by molar-refractivity contribution is 0.521. The number of nitriles is 1. The van der Waals surface area contributed by atoms with Crippen LogP contribution in [-0.4, -0.2) is 14.0 Å². The lowest BCUT2D eigenvalue weighted by Gasteiger charge is -2.15. The molecule has 2 unspecified atom stereocenters. The van der Waals surface area contributed by atoms with E-state index in [1.807, 2.05) is 6.07 Å². The second-order valence-corrected chi connectivity index (χ2v) is 3.66. The highest BCUT2D eigenvalue weighted by Crippen LogP contribution is 2.07. The third-order valence-electron chi connectivity index (χ3n) is 1.48. The lowest BCUT2D eigenvalue weighted by Crippen LogP contribution is -2.12. The van der Waals surface area contributed by atoms with Gasteiger partial charge in [-0.1, -0.05) is 29.3 Å². The van der Waals surface area contributed by atoms with Crippen LogP contribution in [0.4, 0.5) is 0 Å². The smallest absolute Gasteiger partial charge is 0.0663 e. The average Bonchev–Trinajstić information content (AvgIpc) is 2.10. The maximum Gasteiger partial charge on any atom is 0.0663 e. The molecule has 0 aliphatic rings. The number of hydrogen-bond donors (Lipinski definition) is 0. The fourth-order valence-corrected chi connectivity index (χ4v) is 1.38. The summed E-state index contributed by atoms with van der Waals surface area (Å²) in [5, 5.41) is 7.80. The Labute approximate surface area is 81.0 Å². The Kier molecular flexibility index (Phi) is 7.17. The molecule has 0 N–H and O–H groups in total. The van der Waals surface area contributed by atoms with E-state index in [1.54, 1.807) is 18.2 Å². The van der Waals surface area contributed by atoms with Gasteiger partial charge in [-0.05, 0) is 12.8 Å². The summed E-state index contributed by atoms with van der Waals surface area (Å²) in [6.45, 7) is 3.48. The zero-order valence-corrected chi connectivity index (χ0v) is 8.13. The Balaban J connectivity index is 3.90. The predicted octanol–water partition coefficient (Wildman–Crippen LogP) is 1.67. The SMILES string of the molecule is C=CCC(C/C=C\CC#N)S(=O)[O-]. The van der Waals surface area contributed by atoms with Crippen LogP contribution in [0.3, 0.4) is 0 Å². The van der Waals surface area contributed by atoms with E-state index in [-0.39, 0.29) is 0 Å². The molecule has 0 fully saturated rings. The number of allylic oxidation sites excluding steroid dienone is 3. The summed E-state index contributed by atoms with van der Waals surface area (Å²) in [7, 11) is 0. The molecule has 0 saturated carbocycles. The molecule has 0 aliphatic carbocycles. The van der Waals surface area contributed by atoms with Crippen molar-refractivity contribution in [3.05, 3.63) is 24.8 Å². The molecule has 3 nitrogen and oxygen atoms in total. The molecule has 4 heteroatoms. The van der Waals surface area contributed by atoms with Gasteiger partial charge in [0.25, 0.3) is 0 Å². The Morgan fingerprint density at radius 2 is 2.23 bits per heavy atom. The van der Waals surface area contributed by atoms with Crippen LogP contribution in [0, 0.1) is 11.3 Å². The quantitative estimate of drug-likeness (QED) is 0.481. The minimum Gasteiger partial charge on any atom is -0.772 e. The molecular formula is C9H12NO2S-. The van der Waals surface area contributed by atoms with Gasteiger partial charge in [0.15, 0.2) is 0 Å². The van der Waals surface area contributed by atoms with Crippen LogP contribution in [0.15, 0.2) is 24.8 Å². The fraction of sp³-hybridized carbons (Fsp3) is 0.444. The first kappa shape index (κ1) is 12.1. The van der Waals surface area contributed by atoms with Crippen molar-refractivity contribution in [2.45, 2.75) is 24.5 Å². The van der Waals surface area contributed by atoms with Crippen LogP contribution in [-0.2, 0) is 11.1 Å².